The molecule has 0 fully saturated rings. The molecule has 0 unspecified atom stereocenters. The van der Waals surface area contributed by atoms with Gasteiger partial charge in [0.1, 0.15) is 5.75 Å². The van der Waals surface area contributed by atoms with Crippen LogP contribution in [0.15, 0.2) is 54.6 Å². The Labute approximate surface area is 118 Å². The van der Waals surface area contributed by atoms with Gasteiger partial charge in [-0.2, -0.15) is 0 Å². The molecule has 0 radical (unpaired) electrons. The number of anilines is 1. The fourth-order valence-electron chi connectivity index (χ4n) is 1.90. The zero-order valence-electron chi connectivity index (χ0n) is 11.5. The number of benzene rings is 2. The number of nitrogens with one attached hydrogen (secondary N) is 1. The summed E-state index contributed by atoms with van der Waals surface area (Å²) in [6.45, 7) is 0. The monoisotopic (exact) mass is 271 g/mol. The number of carbonyl (C=O) groups excluding carboxylic acids is 1. The van der Waals surface area contributed by atoms with Gasteiger partial charge in [-0.1, -0.05) is 30.3 Å². The van der Waals surface area contributed by atoms with Gasteiger partial charge in [-0.3, -0.25) is 4.79 Å². The largest absolute Gasteiger partial charge is 0.497 e. The first-order valence-electron chi connectivity index (χ1n) is 6.27. The second-order valence-electron chi connectivity index (χ2n) is 4.24. The van der Waals surface area contributed by atoms with Crippen molar-refractivity contribution in [2.24, 2.45) is 0 Å². The van der Waals surface area contributed by atoms with Crippen LogP contribution in [0.1, 0.15) is 11.7 Å². The van der Waals surface area contributed by atoms with Crippen molar-refractivity contribution in [3.8, 4) is 5.75 Å². The second-order valence-corrected chi connectivity index (χ2v) is 4.24. The van der Waals surface area contributed by atoms with Crippen LogP contribution in [0.3, 0.4) is 0 Å². The quantitative estimate of drug-likeness (QED) is 0.909. The zero-order valence-corrected chi connectivity index (χ0v) is 11.5. The maximum atomic E-state index is 12.2. The highest BCUT2D eigenvalue weighted by Gasteiger charge is 2.19. The van der Waals surface area contributed by atoms with Gasteiger partial charge >= 0.3 is 0 Å². The van der Waals surface area contributed by atoms with Crippen LogP contribution >= 0.6 is 0 Å². The summed E-state index contributed by atoms with van der Waals surface area (Å²) in [4.78, 5) is 12.2. The molecule has 1 atom stereocenters. The van der Waals surface area contributed by atoms with Gasteiger partial charge in [0.2, 0.25) is 0 Å². The van der Waals surface area contributed by atoms with E-state index in [1.807, 2.05) is 30.3 Å². The molecule has 2 aromatic carbocycles. The van der Waals surface area contributed by atoms with Crippen molar-refractivity contribution in [2.75, 3.05) is 19.5 Å². The summed E-state index contributed by atoms with van der Waals surface area (Å²) in [7, 11) is 3.12. The Morgan fingerprint density at radius 2 is 1.65 bits per heavy atom. The van der Waals surface area contributed by atoms with Crippen LogP contribution in [-0.2, 0) is 9.53 Å². The summed E-state index contributed by atoms with van der Waals surface area (Å²) < 4.78 is 10.4. The van der Waals surface area contributed by atoms with Gasteiger partial charge in [0.15, 0.2) is 6.10 Å². The topological polar surface area (TPSA) is 47.6 Å². The Balaban J connectivity index is 2.09. The van der Waals surface area contributed by atoms with Crippen molar-refractivity contribution in [3.05, 3.63) is 60.2 Å². The molecule has 4 nitrogen and oxygen atoms in total. The number of hydrogen-bond donors (Lipinski definition) is 1. The fraction of sp³-hybridized carbons (Fsp3) is 0.188. The van der Waals surface area contributed by atoms with Crippen molar-refractivity contribution in [3.63, 3.8) is 0 Å². The van der Waals surface area contributed by atoms with E-state index in [0.29, 0.717) is 5.69 Å². The van der Waals surface area contributed by atoms with Gasteiger partial charge < -0.3 is 14.8 Å². The Morgan fingerprint density at radius 3 is 2.20 bits per heavy atom. The lowest BCUT2D eigenvalue weighted by Crippen LogP contribution is -2.22. The summed E-state index contributed by atoms with van der Waals surface area (Å²) in [5, 5.41) is 2.82. The summed E-state index contributed by atoms with van der Waals surface area (Å²) in [6, 6.07) is 16.5. The molecular formula is C16H17NO3. The van der Waals surface area contributed by atoms with Gasteiger partial charge in [0.25, 0.3) is 5.91 Å². The van der Waals surface area contributed by atoms with Crippen LogP contribution in [0, 0.1) is 0 Å². The molecule has 4 heteroatoms. The van der Waals surface area contributed by atoms with Crippen molar-refractivity contribution >= 4 is 11.6 Å². The molecule has 1 N–H and O–H groups in total. The molecule has 1 amide bonds. The summed E-state index contributed by atoms with van der Waals surface area (Å²) in [5.41, 5.74) is 1.52. The van der Waals surface area contributed by atoms with Crippen LogP contribution in [0.4, 0.5) is 5.69 Å². The maximum absolute atomic E-state index is 12.2. The van der Waals surface area contributed by atoms with E-state index in [9.17, 15) is 4.79 Å². The molecule has 2 aromatic rings. The van der Waals surface area contributed by atoms with Crippen molar-refractivity contribution in [1.82, 2.24) is 0 Å². The molecule has 0 heterocycles. The van der Waals surface area contributed by atoms with Gasteiger partial charge in [-0.05, 0) is 29.8 Å². The van der Waals surface area contributed by atoms with E-state index >= 15 is 0 Å². The lowest BCUT2D eigenvalue weighted by molar-refractivity contribution is -0.126. The van der Waals surface area contributed by atoms with Crippen molar-refractivity contribution in [1.29, 1.82) is 0 Å². The average Bonchev–Trinajstić information content (AvgIpc) is 2.50. The Hall–Kier alpha value is -2.33. The molecule has 0 aromatic heterocycles. The van der Waals surface area contributed by atoms with E-state index in [-0.39, 0.29) is 5.91 Å². The van der Waals surface area contributed by atoms with E-state index in [2.05, 4.69) is 5.32 Å². The number of carbonyl (C=O) groups is 1. The predicted molar refractivity (Wildman–Crippen MR) is 77.8 cm³/mol. The normalized spacial score (nSPS) is 11.7. The maximum Gasteiger partial charge on any atom is 0.258 e. The minimum atomic E-state index is -0.627. The lowest BCUT2D eigenvalue weighted by atomic mass is 10.1. The summed E-state index contributed by atoms with van der Waals surface area (Å²) >= 11 is 0. The number of rotatable bonds is 5. The van der Waals surface area contributed by atoms with Crippen LogP contribution in [0.25, 0.3) is 0 Å². The molecule has 0 saturated heterocycles. The molecule has 0 spiro atoms. The molecular weight excluding hydrogens is 254 g/mol. The third-order valence-corrected chi connectivity index (χ3v) is 2.93. The van der Waals surface area contributed by atoms with E-state index in [1.165, 1.54) is 7.11 Å². The average molecular weight is 271 g/mol. The third kappa shape index (κ3) is 3.36. The first-order chi connectivity index (χ1) is 9.74. The van der Waals surface area contributed by atoms with Crippen LogP contribution in [0.5, 0.6) is 5.75 Å². The third-order valence-electron chi connectivity index (χ3n) is 2.93. The molecule has 0 saturated carbocycles. The molecule has 0 aliphatic rings. The second kappa shape index (κ2) is 6.73. The zero-order chi connectivity index (χ0) is 14.4. The Bertz CT molecular complexity index is 552. The highest BCUT2D eigenvalue weighted by molar-refractivity contribution is 5.94. The SMILES string of the molecule is COc1ccc(NC(=O)[C@@H](OC)c2ccccc2)cc1. The van der Waals surface area contributed by atoms with E-state index in [1.54, 1.807) is 31.4 Å². The van der Waals surface area contributed by atoms with E-state index < -0.39 is 6.10 Å². The van der Waals surface area contributed by atoms with Crippen LogP contribution in [0.2, 0.25) is 0 Å². The first kappa shape index (κ1) is 14.1. The number of amides is 1. The van der Waals surface area contributed by atoms with Crippen LogP contribution in [-0.4, -0.2) is 20.1 Å². The minimum absolute atomic E-state index is 0.205. The lowest BCUT2D eigenvalue weighted by Gasteiger charge is -2.15. The van der Waals surface area contributed by atoms with Gasteiger partial charge in [0, 0.05) is 12.8 Å². The highest BCUT2D eigenvalue weighted by Crippen LogP contribution is 2.20. The Kier molecular flexibility index (Phi) is 4.74. The first-order valence-corrected chi connectivity index (χ1v) is 6.27. The molecule has 0 bridgehead atoms. The van der Waals surface area contributed by atoms with E-state index in [4.69, 9.17) is 9.47 Å². The number of methoxy groups -OCH3 is 2. The predicted octanol–water partition coefficient (Wildman–Crippen LogP) is 3.02. The molecule has 20 heavy (non-hydrogen) atoms. The minimum Gasteiger partial charge on any atom is -0.497 e. The molecule has 2 rings (SSSR count). The molecule has 0 aliphatic carbocycles. The van der Waals surface area contributed by atoms with Crippen molar-refractivity contribution < 1.29 is 14.3 Å². The van der Waals surface area contributed by atoms with Crippen molar-refractivity contribution in [2.45, 2.75) is 6.10 Å². The summed E-state index contributed by atoms with van der Waals surface area (Å²) in [6.07, 6.45) is -0.627. The highest BCUT2D eigenvalue weighted by atomic mass is 16.5. The fourth-order valence-corrected chi connectivity index (χ4v) is 1.90. The van der Waals surface area contributed by atoms with Gasteiger partial charge in [-0.25, -0.2) is 0 Å². The van der Waals surface area contributed by atoms with Gasteiger partial charge in [-0.15, -0.1) is 0 Å². The van der Waals surface area contributed by atoms with Crippen LogP contribution < -0.4 is 10.1 Å². The number of hydrogen-bond acceptors (Lipinski definition) is 3. The molecule has 0 aliphatic heterocycles. The van der Waals surface area contributed by atoms with Gasteiger partial charge in [0.05, 0.1) is 7.11 Å². The number of ether oxygens (including phenoxy) is 2. The molecule has 104 valence electrons. The summed E-state index contributed by atoms with van der Waals surface area (Å²) in [5.74, 6) is 0.540. The Morgan fingerprint density at radius 1 is 1.00 bits per heavy atom. The standard InChI is InChI=1S/C16H17NO3/c1-19-14-10-8-13(9-11-14)17-16(18)15(20-2)12-6-4-3-5-7-12/h3-11,15H,1-2H3,(H,17,18)/t15-/m0/s1. The smallest absolute Gasteiger partial charge is 0.258 e. The van der Waals surface area contributed by atoms with E-state index in [0.717, 1.165) is 11.3 Å².